The van der Waals surface area contributed by atoms with Gasteiger partial charge in [-0.1, -0.05) is 47.0 Å². The Labute approximate surface area is 114 Å². The van der Waals surface area contributed by atoms with Gasteiger partial charge in [0.2, 0.25) is 0 Å². The van der Waals surface area contributed by atoms with E-state index >= 15 is 0 Å². The number of piperidine rings is 1. The lowest BCUT2D eigenvalue weighted by Crippen LogP contribution is -2.52. The summed E-state index contributed by atoms with van der Waals surface area (Å²) in [6.07, 6.45) is 6.76. The number of nitrogens with zero attached hydrogens (tertiary/aromatic N) is 1. The van der Waals surface area contributed by atoms with E-state index in [1.54, 1.807) is 0 Å². The van der Waals surface area contributed by atoms with Crippen LogP contribution in [0.15, 0.2) is 0 Å². The summed E-state index contributed by atoms with van der Waals surface area (Å²) in [4.78, 5) is 2.70. The molecule has 0 aliphatic carbocycles. The average Bonchev–Trinajstić information content (AvgIpc) is 2.33. The Morgan fingerprint density at radius 2 is 2.00 bits per heavy atom. The summed E-state index contributed by atoms with van der Waals surface area (Å²) in [5.74, 6) is 2.48. The normalized spacial score (nSPS) is 31.5. The highest BCUT2D eigenvalue weighted by Gasteiger charge is 2.31. The van der Waals surface area contributed by atoms with E-state index in [0.29, 0.717) is 6.04 Å². The summed E-state index contributed by atoms with van der Waals surface area (Å²) < 4.78 is 0. The molecule has 1 heterocycles. The lowest BCUT2D eigenvalue weighted by molar-refractivity contribution is 0.0567. The molecule has 1 rings (SSSR count). The predicted octanol–water partition coefficient (Wildman–Crippen LogP) is 3.51. The third-order valence-electron chi connectivity index (χ3n) is 4.72. The molecule has 4 atom stereocenters. The first-order chi connectivity index (χ1) is 8.62. The minimum absolute atomic E-state index is 0.622. The fourth-order valence-electron chi connectivity index (χ4n) is 3.60. The first kappa shape index (κ1) is 16.0. The van der Waals surface area contributed by atoms with E-state index in [9.17, 15) is 0 Å². The van der Waals surface area contributed by atoms with Crippen LogP contribution in [0.5, 0.6) is 0 Å². The Kier molecular flexibility index (Phi) is 7.25. The molecule has 0 aromatic carbocycles. The van der Waals surface area contributed by atoms with Gasteiger partial charge in [-0.05, 0) is 30.6 Å². The fraction of sp³-hybridized carbons (Fsp3) is 1.00. The van der Waals surface area contributed by atoms with Gasteiger partial charge >= 0.3 is 0 Å². The van der Waals surface area contributed by atoms with Crippen LogP contribution in [0.4, 0.5) is 0 Å². The summed E-state index contributed by atoms with van der Waals surface area (Å²) >= 11 is 0. The average molecular weight is 254 g/mol. The summed E-state index contributed by atoms with van der Waals surface area (Å²) in [5.41, 5.74) is 6.01. The van der Waals surface area contributed by atoms with Gasteiger partial charge in [0.05, 0.1) is 0 Å². The van der Waals surface area contributed by atoms with Gasteiger partial charge in [0.25, 0.3) is 0 Å². The van der Waals surface area contributed by atoms with E-state index in [2.05, 4.69) is 32.6 Å². The quantitative estimate of drug-likeness (QED) is 0.753. The van der Waals surface area contributed by atoms with Crippen molar-refractivity contribution in [1.29, 1.82) is 0 Å². The van der Waals surface area contributed by atoms with Crippen molar-refractivity contribution >= 4 is 0 Å². The first-order valence-electron chi connectivity index (χ1n) is 8.06. The molecule has 0 aromatic rings. The van der Waals surface area contributed by atoms with Gasteiger partial charge in [0.1, 0.15) is 0 Å². The Hall–Kier alpha value is -0.0800. The molecule has 2 nitrogen and oxygen atoms in total. The molecular formula is C16H34N2. The van der Waals surface area contributed by atoms with Crippen molar-refractivity contribution in [1.82, 2.24) is 4.90 Å². The number of hydrogen-bond donors (Lipinski definition) is 1. The van der Waals surface area contributed by atoms with E-state index in [1.807, 2.05) is 0 Å². The van der Waals surface area contributed by atoms with E-state index in [1.165, 1.54) is 45.2 Å². The van der Waals surface area contributed by atoms with Gasteiger partial charge in [0, 0.05) is 25.7 Å². The zero-order valence-corrected chi connectivity index (χ0v) is 13.0. The Morgan fingerprint density at radius 3 is 2.56 bits per heavy atom. The van der Waals surface area contributed by atoms with Crippen LogP contribution < -0.4 is 5.73 Å². The largest absolute Gasteiger partial charge is 0.329 e. The van der Waals surface area contributed by atoms with Crippen molar-refractivity contribution in [3.63, 3.8) is 0 Å². The predicted molar refractivity (Wildman–Crippen MR) is 80.7 cm³/mol. The van der Waals surface area contributed by atoms with Gasteiger partial charge in [-0.25, -0.2) is 0 Å². The minimum atomic E-state index is 0.622. The highest BCUT2D eigenvalue weighted by molar-refractivity contribution is 4.86. The molecular weight excluding hydrogens is 220 g/mol. The molecule has 1 fully saturated rings. The molecule has 0 radical (unpaired) electrons. The summed E-state index contributed by atoms with van der Waals surface area (Å²) in [6, 6.07) is 0.622. The summed E-state index contributed by atoms with van der Waals surface area (Å²) in [6.45, 7) is 12.8. The van der Waals surface area contributed by atoms with Crippen molar-refractivity contribution in [2.75, 3.05) is 19.6 Å². The molecule has 18 heavy (non-hydrogen) atoms. The third kappa shape index (κ3) is 4.55. The van der Waals surface area contributed by atoms with Gasteiger partial charge in [-0.15, -0.1) is 0 Å². The second-order valence-electron chi connectivity index (χ2n) is 6.49. The molecule has 0 spiro atoms. The van der Waals surface area contributed by atoms with E-state index in [0.717, 1.165) is 24.3 Å². The van der Waals surface area contributed by atoms with Gasteiger partial charge in [-0.3, -0.25) is 4.90 Å². The molecule has 2 heteroatoms. The van der Waals surface area contributed by atoms with E-state index < -0.39 is 0 Å². The maximum absolute atomic E-state index is 6.01. The molecule has 0 amide bonds. The Balaban J connectivity index is 2.54. The van der Waals surface area contributed by atoms with Crippen molar-refractivity contribution in [3.8, 4) is 0 Å². The SMILES string of the molecule is CCCCC(CC)CN1CC(C)CC(C)C1CN. The zero-order valence-electron chi connectivity index (χ0n) is 13.0. The molecule has 108 valence electrons. The number of hydrogen-bond acceptors (Lipinski definition) is 2. The van der Waals surface area contributed by atoms with Gasteiger partial charge in [0.15, 0.2) is 0 Å². The highest BCUT2D eigenvalue weighted by Crippen LogP contribution is 2.28. The van der Waals surface area contributed by atoms with Crippen molar-refractivity contribution in [3.05, 3.63) is 0 Å². The smallest absolute Gasteiger partial charge is 0.0244 e. The van der Waals surface area contributed by atoms with Crippen LogP contribution in [0.3, 0.4) is 0 Å². The van der Waals surface area contributed by atoms with Crippen LogP contribution in [-0.2, 0) is 0 Å². The van der Waals surface area contributed by atoms with Crippen molar-refractivity contribution < 1.29 is 0 Å². The van der Waals surface area contributed by atoms with Crippen molar-refractivity contribution in [2.45, 2.75) is 65.8 Å². The Morgan fingerprint density at radius 1 is 1.28 bits per heavy atom. The number of likely N-dealkylation sites (tertiary alicyclic amines) is 1. The molecule has 0 aromatic heterocycles. The van der Waals surface area contributed by atoms with Crippen LogP contribution in [0.2, 0.25) is 0 Å². The first-order valence-corrected chi connectivity index (χ1v) is 8.06. The van der Waals surface area contributed by atoms with Crippen LogP contribution in [-0.4, -0.2) is 30.6 Å². The third-order valence-corrected chi connectivity index (χ3v) is 4.72. The molecule has 1 aliphatic rings. The molecule has 2 N–H and O–H groups in total. The number of rotatable bonds is 7. The summed E-state index contributed by atoms with van der Waals surface area (Å²) in [5, 5.41) is 0. The lowest BCUT2D eigenvalue weighted by Gasteiger charge is -2.43. The summed E-state index contributed by atoms with van der Waals surface area (Å²) in [7, 11) is 0. The maximum Gasteiger partial charge on any atom is 0.0244 e. The van der Waals surface area contributed by atoms with Crippen LogP contribution >= 0.6 is 0 Å². The molecule has 1 aliphatic heterocycles. The van der Waals surface area contributed by atoms with E-state index in [-0.39, 0.29) is 0 Å². The highest BCUT2D eigenvalue weighted by atomic mass is 15.2. The number of nitrogens with two attached hydrogens (primary N) is 1. The van der Waals surface area contributed by atoms with E-state index in [4.69, 9.17) is 5.73 Å². The second-order valence-corrected chi connectivity index (χ2v) is 6.49. The molecule has 0 saturated carbocycles. The molecule has 1 saturated heterocycles. The standard InChI is InChI=1S/C16H34N2/c1-5-7-8-15(6-2)12-18-11-13(3)9-14(4)16(18)10-17/h13-16H,5-12,17H2,1-4H3. The minimum Gasteiger partial charge on any atom is -0.329 e. The second kappa shape index (κ2) is 8.16. The van der Waals surface area contributed by atoms with Gasteiger partial charge < -0.3 is 5.73 Å². The zero-order chi connectivity index (χ0) is 13.5. The monoisotopic (exact) mass is 254 g/mol. The van der Waals surface area contributed by atoms with Crippen LogP contribution in [0.25, 0.3) is 0 Å². The Bertz CT molecular complexity index is 217. The number of unbranched alkanes of at least 4 members (excludes halogenated alkanes) is 1. The van der Waals surface area contributed by atoms with Crippen LogP contribution in [0.1, 0.15) is 59.8 Å². The van der Waals surface area contributed by atoms with Crippen molar-refractivity contribution in [2.24, 2.45) is 23.5 Å². The molecule has 4 unspecified atom stereocenters. The maximum atomic E-state index is 6.01. The van der Waals surface area contributed by atoms with Gasteiger partial charge in [-0.2, -0.15) is 0 Å². The lowest BCUT2D eigenvalue weighted by atomic mass is 9.84. The fourth-order valence-corrected chi connectivity index (χ4v) is 3.60. The van der Waals surface area contributed by atoms with Crippen LogP contribution in [0, 0.1) is 17.8 Å². The topological polar surface area (TPSA) is 29.3 Å². The molecule has 0 bridgehead atoms.